The number of nitrogens with one attached hydrogen (secondary N) is 1. The van der Waals surface area contributed by atoms with E-state index in [9.17, 15) is 4.79 Å². The van der Waals surface area contributed by atoms with Gasteiger partial charge in [0.1, 0.15) is 11.5 Å². The highest BCUT2D eigenvalue weighted by atomic mass is 32.2. The van der Waals surface area contributed by atoms with Crippen molar-refractivity contribution in [3.8, 4) is 11.5 Å². The molecule has 7 nitrogen and oxygen atoms in total. The molecule has 2 aliphatic carbocycles. The predicted molar refractivity (Wildman–Crippen MR) is 99.7 cm³/mol. The van der Waals surface area contributed by atoms with Gasteiger partial charge in [0.2, 0.25) is 5.91 Å². The van der Waals surface area contributed by atoms with Gasteiger partial charge in [-0.1, -0.05) is 18.2 Å². The fraction of sp³-hybridized carbons (Fsp3) is 0.526. The molecule has 0 saturated heterocycles. The minimum atomic E-state index is 0.0341. The summed E-state index contributed by atoms with van der Waals surface area (Å²) >= 11 is 1.25. The summed E-state index contributed by atoms with van der Waals surface area (Å²) in [6.07, 6.45) is 4.99. The first-order valence-electron chi connectivity index (χ1n) is 9.21. The quantitative estimate of drug-likeness (QED) is 0.694. The van der Waals surface area contributed by atoms with Gasteiger partial charge >= 0.3 is 0 Å². The van der Waals surface area contributed by atoms with Crippen molar-refractivity contribution in [2.75, 3.05) is 12.9 Å². The van der Waals surface area contributed by atoms with Crippen LogP contribution in [0.1, 0.15) is 31.6 Å². The van der Waals surface area contributed by atoms with Gasteiger partial charge in [-0.2, -0.15) is 0 Å². The molecule has 1 N–H and O–H groups in total. The number of thioether (sulfide) groups is 1. The molecule has 0 spiro atoms. The standard InChI is InChI=1S/C19H23N3O4S/c1-24-14-4-6-15(7-5-14)25-10-18-21-22-19(26-18)27-11-17(23)20-16-9-12-2-3-13(16)8-12/h4-7,12-13,16H,2-3,8-11H2,1H3,(H,20,23)/t12-,13+,16-/m0/s1. The number of methoxy groups -OCH3 is 1. The van der Waals surface area contributed by atoms with E-state index in [-0.39, 0.29) is 18.3 Å². The summed E-state index contributed by atoms with van der Waals surface area (Å²) in [5, 5.41) is 11.5. The summed E-state index contributed by atoms with van der Waals surface area (Å²) in [7, 11) is 1.62. The lowest BCUT2D eigenvalue weighted by Gasteiger charge is -2.22. The molecule has 8 heteroatoms. The first-order valence-corrected chi connectivity index (χ1v) is 10.2. The van der Waals surface area contributed by atoms with Crippen molar-refractivity contribution in [2.24, 2.45) is 11.8 Å². The van der Waals surface area contributed by atoms with Crippen LogP contribution in [0.15, 0.2) is 33.9 Å². The van der Waals surface area contributed by atoms with Gasteiger partial charge < -0.3 is 19.2 Å². The molecule has 1 heterocycles. The molecule has 27 heavy (non-hydrogen) atoms. The summed E-state index contributed by atoms with van der Waals surface area (Å²) in [6, 6.07) is 7.61. The minimum Gasteiger partial charge on any atom is -0.497 e. The zero-order valence-corrected chi connectivity index (χ0v) is 16.0. The average molecular weight is 389 g/mol. The molecule has 1 amide bonds. The molecule has 4 rings (SSSR count). The van der Waals surface area contributed by atoms with Crippen LogP contribution in [0, 0.1) is 11.8 Å². The number of benzene rings is 1. The number of carbonyl (C=O) groups is 1. The van der Waals surface area contributed by atoms with Gasteiger partial charge in [0.15, 0.2) is 6.61 Å². The average Bonchev–Trinajstić information content (AvgIpc) is 3.42. The maximum Gasteiger partial charge on any atom is 0.277 e. The maximum absolute atomic E-state index is 12.2. The van der Waals surface area contributed by atoms with E-state index in [1.54, 1.807) is 7.11 Å². The van der Waals surface area contributed by atoms with Crippen LogP contribution >= 0.6 is 11.8 Å². The third-order valence-electron chi connectivity index (χ3n) is 5.28. The molecule has 1 aromatic carbocycles. The fourth-order valence-corrected chi connectivity index (χ4v) is 4.56. The number of hydrogen-bond donors (Lipinski definition) is 1. The molecule has 1 aromatic heterocycles. The van der Waals surface area contributed by atoms with Crippen LogP contribution < -0.4 is 14.8 Å². The molecule has 3 atom stereocenters. The molecule has 0 aliphatic heterocycles. The first kappa shape index (κ1) is 18.2. The van der Waals surface area contributed by atoms with Crippen molar-refractivity contribution in [1.29, 1.82) is 0 Å². The van der Waals surface area contributed by atoms with Crippen molar-refractivity contribution in [3.05, 3.63) is 30.2 Å². The molecular weight excluding hydrogens is 366 g/mol. The number of fused-ring (bicyclic) bond motifs is 2. The van der Waals surface area contributed by atoms with Crippen LogP contribution in [0.25, 0.3) is 0 Å². The van der Waals surface area contributed by atoms with Crippen molar-refractivity contribution in [3.63, 3.8) is 0 Å². The second kappa shape index (κ2) is 8.21. The van der Waals surface area contributed by atoms with Crippen molar-refractivity contribution in [2.45, 2.75) is 43.6 Å². The molecule has 2 fully saturated rings. The van der Waals surface area contributed by atoms with Gasteiger partial charge in [-0.25, -0.2) is 0 Å². The van der Waals surface area contributed by atoms with E-state index in [1.165, 1.54) is 31.0 Å². The number of nitrogens with zero attached hydrogens (tertiary/aromatic N) is 2. The highest BCUT2D eigenvalue weighted by molar-refractivity contribution is 7.99. The topological polar surface area (TPSA) is 86.5 Å². The number of rotatable bonds is 8. The highest BCUT2D eigenvalue weighted by Crippen LogP contribution is 2.44. The fourth-order valence-electron chi connectivity index (χ4n) is 3.97. The van der Waals surface area contributed by atoms with Gasteiger partial charge in [0.05, 0.1) is 12.9 Å². The smallest absolute Gasteiger partial charge is 0.277 e. The monoisotopic (exact) mass is 389 g/mol. The molecule has 0 unspecified atom stereocenters. The SMILES string of the molecule is COc1ccc(OCc2nnc(SCC(=O)N[C@H]3C[C@H]4CC[C@@H]3C4)o2)cc1. The van der Waals surface area contributed by atoms with Gasteiger partial charge in [-0.05, 0) is 55.4 Å². The second-order valence-corrected chi connectivity index (χ2v) is 7.99. The third kappa shape index (κ3) is 4.55. The van der Waals surface area contributed by atoms with Gasteiger partial charge in [-0.3, -0.25) is 4.79 Å². The molecular formula is C19H23N3O4S. The van der Waals surface area contributed by atoms with Gasteiger partial charge in [-0.15, -0.1) is 10.2 Å². The van der Waals surface area contributed by atoms with Crippen LogP contribution in [-0.2, 0) is 11.4 Å². The Morgan fingerprint density at radius 2 is 2.04 bits per heavy atom. The lowest BCUT2D eigenvalue weighted by molar-refractivity contribution is -0.119. The van der Waals surface area contributed by atoms with Gasteiger partial charge in [0.25, 0.3) is 11.1 Å². The van der Waals surface area contributed by atoms with Gasteiger partial charge in [0, 0.05) is 6.04 Å². The van der Waals surface area contributed by atoms with Crippen LogP contribution in [0.2, 0.25) is 0 Å². The molecule has 0 radical (unpaired) electrons. The number of carbonyl (C=O) groups excluding carboxylic acids is 1. The summed E-state index contributed by atoms with van der Waals surface area (Å²) in [6.45, 7) is 0.178. The van der Waals surface area contributed by atoms with E-state index in [1.807, 2.05) is 24.3 Å². The largest absolute Gasteiger partial charge is 0.497 e. The summed E-state index contributed by atoms with van der Waals surface area (Å²) in [5.41, 5.74) is 0. The van der Waals surface area contributed by atoms with E-state index in [0.29, 0.717) is 28.8 Å². The Morgan fingerprint density at radius 3 is 2.74 bits per heavy atom. The number of amides is 1. The third-order valence-corrected chi connectivity index (χ3v) is 6.10. The Kier molecular flexibility index (Phi) is 5.52. The molecule has 2 aromatic rings. The van der Waals surface area contributed by atoms with Crippen molar-refractivity contribution in [1.82, 2.24) is 15.5 Å². The van der Waals surface area contributed by atoms with E-state index < -0.39 is 0 Å². The molecule has 2 bridgehead atoms. The second-order valence-electron chi connectivity index (χ2n) is 7.06. The Bertz CT molecular complexity index is 780. The molecule has 144 valence electrons. The van der Waals surface area contributed by atoms with Crippen LogP contribution in [0.3, 0.4) is 0 Å². The Morgan fingerprint density at radius 1 is 1.22 bits per heavy atom. The van der Waals surface area contributed by atoms with Crippen LogP contribution in [0.4, 0.5) is 0 Å². The zero-order valence-electron chi connectivity index (χ0n) is 15.2. The minimum absolute atomic E-state index is 0.0341. The predicted octanol–water partition coefficient (Wildman–Crippen LogP) is 3.05. The summed E-state index contributed by atoms with van der Waals surface area (Å²) in [5.74, 6) is 3.64. The molecule has 2 saturated carbocycles. The zero-order chi connectivity index (χ0) is 18.6. The Hall–Kier alpha value is -2.22. The Balaban J connectivity index is 1.20. The normalized spacial score (nSPS) is 23.4. The van der Waals surface area contributed by atoms with Crippen molar-refractivity contribution >= 4 is 17.7 Å². The van der Waals surface area contributed by atoms with E-state index >= 15 is 0 Å². The number of hydrogen-bond acceptors (Lipinski definition) is 7. The Labute approximate surface area is 162 Å². The van der Waals surface area contributed by atoms with Crippen molar-refractivity contribution < 1.29 is 18.7 Å². The first-order chi connectivity index (χ1) is 13.2. The van der Waals surface area contributed by atoms with Crippen LogP contribution in [-0.4, -0.2) is 35.0 Å². The lowest BCUT2D eigenvalue weighted by atomic mass is 9.95. The summed E-state index contributed by atoms with van der Waals surface area (Å²) < 4.78 is 16.2. The lowest BCUT2D eigenvalue weighted by Crippen LogP contribution is -2.39. The van der Waals surface area contributed by atoms with E-state index in [0.717, 1.165) is 18.1 Å². The maximum atomic E-state index is 12.2. The number of ether oxygens (including phenoxy) is 2. The van der Waals surface area contributed by atoms with Crippen LogP contribution in [0.5, 0.6) is 11.5 Å². The summed E-state index contributed by atoms with van der Waals surface area (Å²) in [4.78, 5) is 12.2. The molecule has 2 aliphatic rings. The van der Waals surface area contributed by atoms with E-state index in [2.05, 4.69) is 15.5 Å². The number of aromatic nitrogens is 2. The van der Waals surface area contributed by atoms with E-state index in [4.69, 9.17) is 13.9 Å². The highest BCUT2D eigenvalue weighted by Gasteiger charge is 2.40.